The van der Waals surface area contributed by atoms with Crippen LogP contribution >= 0.6 is 23.1 Å². The number of amides is 10. The summed E-state index contributed by atoms with van der Waals surface area (Å²) in [6.07, 6.45) is 4.74. The number of ketones is 3. The number of nitrogens with zero attached hydrogens (tertiary/aromatic N) is 7. The van der Waals surface area contributed by atoms with Gasteiger partial charge in [0.2, 0.25) is 41.4 Å². The lowest BCUT2D eigenvalue weighted by Gasteiger charge is -2.41. The molecule has 2 saturated heterocycles. The highest BCUT2D eigenvalue weighted by Gasteiger charge is 2.44. The van der Waals surface area contributed by atoms with Crippen LogP contribution in [-0.2, 0) is 75.2 Å². The summed E-state index contributed by atoms with van der Waals surface area (Å²) in [5.41, 5.74) is 7.31. The molecule has 1 unspecified atom stereocenters. The Morgan fingerprint density at radius 2 is 1.40 bits per heavy atom. The summed E-state index contributed by atoms with van der Waals surface area (Å²) in [7, 11) is 6.30. The maximum atomic E-state index is 15.0. The first-order chi connectivity index (χ1) is 49.9. The molecule has 2 aliphatic rings. The normalized spacial score (nSPS) is 16.7. The molecule has 5 N–H and O–H groups in total. The zero-order valence-corrected chi connectivity index (χ0v) is 65.2. The quantitative estimate of drug-likeness (QED) is 0.0303. The number of thioether (sulfide) groups is 1. The van der Waals surface area contributed by atoms with E-state index in [-0.39, 0.29) is 155 Å². The number of thiazole rings is 1. The Morgan fingerprint density at radius 3 is 1.96 bits per heavy atom. The summed E-state index contributed by atoms with van der Waals surface area (Å²) in [4.78, 5) is 176. The first-order valence-electron chi connectivity index (χ1n) is 36.3. The third kappa shape index (κ3) is 26.0. The van der Waals surface area contributed by atoms with Gasteiger partial charge in [0.25, 0.3) is 0 Å². The summed E-state index contributed by atoms with van der Waals surface area (Å²) in [6, 6.07) is 12.9. The van der Waals surface area contributed by atoms with Crippen LogP contribution in [0, 0.1) is 41.4 Å². The van der Waals surface area contributed by atoms with Gasteiger partial charge in [-0.25, -0.2) is 14.6 Å². The smallest absolute Gasteiger partial charge is 0.410 e. The minimum absolute atomic E-state index is 0.00879. The number of methoxy groups -OCH3 is 2. The molecule has 2 aromatic carbocycles. The van der Waals surface area contributed by atoms with Crippen molar-refractivity contribution in [3.05, 3.63) is 108 Å². The highest BCUT2D eigenvalue weighted by molar-refractivity contribution is 7.99. The highest BCUT2D eigenvalue weighted by Crippen LogP contribution is 2.35. The molecule has 0 aliphatic carbocycles. The molecule has 1 aromatic heterocycles. The molecule has 28 heteroatoms. The minimum Gasteiger partial charge on any atom is -0.445 e. The van der Waals surface area contributed by atoms with Crippen molar-refractivity contribution in [2.75, 3.05) is 78.2 Å². The van der Waals surface area contributed by atoms with E-state index in [1.54, 1.807) is 63.4 Å². The molecule has 2 aliphatic heterocycles. The molecule has 578 valence electrons. The van der Waals surface area contributed by atoms with E-state index in [0.717, 1.165) is 40.9 Å². The molecular weight excluding hydrogens is 1380 g/mol. The molecular formula is C77H113N11O15S2. The van der Waals surface area contributed by atoms with Gasteiger partial charge >= 0.3 is 12.1 Å². The van der Waals surface area contributed by atoms with E-state index >= 15 is 0 Å². The van der Waals surface area contributed by atoms with Gasteiger partial charge < -0.3 is 65.3 Å². The number of benzene rings is 2. The Morgan fingerprint density at radius 1 is 0.752 bits per heavy atom. The van der Waals surface area contributed by atoms with Gasteiger partial charge in [0.15, 0.2) is 11.6 Å². The number of hydrogen-bond acceptors (Lipinski definition) is 18. The largest absolute Gasteiger partial charge is 0.445 e. The molecule has 105 heavy (non-hydrogen) atoms. The van der Waals surface area contributed by atoms with Crippen LogP contribution in [0.25, 0.3) is 0 Å². The lowest BCUT2D eigenvalue weighted by molar-refractivity contribution is -0.154. The second-order valence-electron chi connectivity index (χ2n) is 28.5. The fourth-order valence-corrected chi connectivity index (χ4v) is 15.4. The second-order valence-corrected chi connectivity index (χ2v) is 30.5. The summed E-state index contributed by atoms with van der Waals surface area (Å²) in [6.45, 7) is 24.0. The van der Waals surface area contributed by atoms with Gasteiger partial charge in [-0.2, -0.15) is 11.8 Å². The molecule has 0 saturated carbocycles. The van der Waals surface area contributed by atoms with Crippen molar-refractivity contribution >= 4 is 99.6 Å². The summed E-state index contributed by atoms with van der Waals surface area (Å²) in [5, 5.41) is 11.0. The standard InChI is InChI=1S/C77H113N11O15S2/c1-16-51(10)71(63(101-14)42-68(96)88-35-23-27-59(88)72(102-15)52(11)60(89)40-56(74-79-34-37-105-74)38-53-24-20-19-21-25-53)83(12)75(98)58(48(4)5)41-62(91)70(50(8)9)84(13)77(100)103-43-54-28-30-57(31-29-54)81-73(97)55(26-22-33-80-76(78)99)39-61(90)69(49(6)7)82-64(92)44-104-36-32-67(95)87-46-85(65(93)17-2)45-86(47-87)66(94)18-3/h17-21,24-25,28-31,34,37,48-52,55-56,58-59,63,69-72H,2-3,16,22-23,26-27,32-33,35-36,38-47H2,1,4-15H3,(H,81,97)(H,82,92)(H3,78,80,99)/t51-,52-,55+,56+,58?,59-,63+,69-,70-,71-,72+/m0/s1. The van der Waals surface area contributed by atoms with Crippen LogP contribution in [0.5, 0.6) is 0 Å². The van der Waals surface area contributed by atoms with Crippen molar-refractivity contribution in [1.29, 1.82) is 0 Å². The van der Waals surface area contributed by atoms with Crippen molar-refractivity contribution < 1.29 is 71.7 Å². The fraction of sp³-hybridized carbons (Fsp3) is 0.597. The number of hydrogen-bond donors (Lipinski definition) is 4. The van der Waals surface area contributed by atoms with Crippen LogP contribution in [-0.4, -0.2) is 214 Å². The molecule has 3 heterocycles. The van der Waals surface area contributed by atoms with E-state index in [1.165, 1.54) is 45.1 Å². The van der Waals surface area contributed by atoms with E-state index in [4.69, 9.17) is 19.9 Å². The maximum Gasteiger partial charge on any atom is 0.410 e. The van der Waals surface area contributed by atoms with Crippen molar-refractivity contribution in [2.24, 2.45) is 47.2 Å². The lowest BCUT2D eigenvalue weighted by Crippen LogP contribution is -2.59. The first-order valence-corrected chi connectivity index (χ1v) is 38.4. The molecule has 5 rings (SSSR count). The highest BCUT2D eigenvalue weighted by atomic mass is 32.2. The lowest BCUT2D eigenvalue weighted by atomic mass is 9.83. The third-order valence-electron chi connectivity index (χ3n) is 19.9. The van der Waals surface area contributed by atoms with Gasteiger partial charge in [-0.05, 0) is 91.2 Å². The molecule has 3 aromatic rings. The van der Waals surface area contributed by atoms with Gasteiger partial charge in [-0.15, -0.1) is 11.3 Å². The Bertz CT molecular complexity index is 3390. The Balaban J connectivity index is 1.17. The van der Waals surface area contributed by atoms with E-state index in [9.17, 15) is 57.5 Å². The summed E-state index contributed by atoms with van der Waals surface area (Å²) < 4.78 is 18.1. The molecule has 11 atom stereocenters. The number of urea groups is 1. The predicted octanol–water partition coefficient (Wildman–Crippen LogP) is 8.84. The summed E-state index contributed by atoms with van der Waals surface area (Å²) >= 11 is 2.69. The number of Topliss-reactive ketones (excluding diaryl/α,β-unsaturated/α-hetero) is 3. The number of carbonyl (C=O) groups excluding carboxylic acids is 12. The van der Waals surface area contributed by atoms with Crippen molar-refractivity contribution in [2.45, 2.75) is 182 Å². The average molecular weight is 1500 g/mol. The van der Waals surface area contributed by atoms with Crippen LogP contribution in [0.2, 0.25) is 0 Å². The maximum absolute atomic E-state index is 15.0. The number of likely N-dealkylation sites (tertiary alicyclic amines) is 1. The third-order valence-corrected chi connectivity index (χ3v) is 21.8. The minimum atomic E-state index is -0.978. The van der Waals surface area contributed by atoms with Crippen LogP contribution < -0.4 is 21.7 Å². The Labute approximate surface area is 628 Å². The molecule has 0 spiro atoms. The van der Waals surface area contributed by atoms with E-state index in [2.05, 4.69) is 46.2 Å². The molecule has 0 radical (unpaired) electrons. The van der Waals surface area contributed by atoms with Gasteiger partial charge in [0.05, 0.1) is 73.6 Å². The number of aromatic nitrogens is 1. The van der Waals surface area contributed by atoms with Gasteiger partial charge in [-0.3, -0.25) is 47.9 Å². The number of nitrogens with two attached hydrogens (primary N) is 1. The molecule has 26 nitrogen and oxygen atoms in total. The monoisotopic (exact) mass is 1500 g/mol. The predicted molar refractivity (Wildman–Crippen MR) is 405 cm³/mol. The number of anilines is 1. The zero-order chi connectivity index (χ0) is 77.8. The van der Waals surface area contributed by atoms with Crippen LogP contribution in [0.3, 0.4) is 0 Å². The zero-order valence-electron chi connectivity index (χ0n) is 63.6. The topological polar surface area (TPSA) is 327 Å². The van der Waals surface area contributed by atoms with Gasteiger partial charge in [0.1, 0.15) is 12.4 Å². The van der Waals surface area contributed by atoms with Crippen LogP contribution in [0.1, 0.15) is 149 Å². The second kappa shape index (κ2) is 43.3. The number of ether oxygens (including phenoxy) is 3. The number of nitrogens with one attached hydrogen (secondary N) is 3. The van der Waals surface area contributed by atoms with Crippen LogP contribution in [0.15, 0.2) is 91.5 Å². The summed E-state index contributed by atoms with van der Waals surface area (Å²) in [5.74, 6) is -6.88. The van der Waals surface area contributed by atoms with E-state index < -0.39 is 89.6 Å². The van der Waals surface area contributed by atoms with Crippen molar-refractivity contribution in [3.63, 3.8) is 0 Å². The first kappa shape index (κ1) is 87.3. The number of carbonyl (C=O) groups is 12. The Kier molecular flexibility index (Phi) is 36.0. The molecule has 0 bridgehead atoms. The number of primary amides is 1. The van der Waals surface area contributed by atoms with E-state index in [1.807, 2.05) is 76.9 Å². The van der Waals surface area contributed by atoms with Crippen molar-refractivity contribution in [3.8, 4) is 0 Å². The van der Waals surface area contributed by atoms with Gasteiger partial charge in [0, 0.05) is 114 Å². The van der Waals surface area contributed by atoms with Crippen molar-refractivity contribution in [1.82, 2.24) is 45.0 Å². The van der Waals surface area contributed by atoms with Gasteiger partial charge in [-0.1, -0.05) is 124 Å². The molecule has 10 amide bonds. The SMILES string of the molecule is C=CC(=O)N1CN(C(=O)C=C)CN(C(=O)CCSCC(=O)N[C@H](C(=O)C[C@@H](CCCNC(N)=O)C(=O)Nc2ccc(COC(=O)N(C)[C@H](C(=O)CC(C(=O)N(C)[C@@H]([C@@H](C)CC)[C@@H](CC(=O)N3CCC[C@H]3[C@H](OC)[C@@H](C)C(=O)C[C@@H](Cc3ccccc3)c3nccs3)OC)C(C)C)C(C)C)cc2)C(C)C)C1. The molecule has 2 fully saturated rings. The Hall–Kier alpha value is -8.34. The average Bonchev–Trinajstić information content (AvgIpc) is 1.80. The number of rotatable bonds is 43. The van der Waals surface area contributed by atoms with E-state index in [0.29, 0.717) is 37.1 Å². The number of likely N-dealkylation sites (N-methyl/N-ethyl adjacent to an activating group) is 2. The van der Waals surface area contributed by atoms with Crippen LogP contribution in [0.4, 0.5) is 15.3 Å². The fourth-order valence-electron chi connectivity index (χ4n) is 13.9.